The zero-order valence-electron chi connectivity index (χ0n) is 11.3. The van der Waals surface area contributed by atoms with E-state index in [0.717, 1.165) is 5.56 Å². The third-order valence-corrected chi connectivity index (χ3v) is 2.91. The molecule has 0 heterocycles. The Morgan fingerprint density at radius 1 is 1.42 bits per heavy atom. The summed E-state index contributed by atoms with van der Waals surface area (Å²) < 4.78 is 4.99. The molecule has 0 unspecified atom stereocenters. The molecule has 0 aliphatic carbocycles. The number of nitrogens with one attached hydrogen (secondary N) is 1. The van der Waals surface area contributed by atoms with Gasteiger partial charge in [-0.3, -0.25) is 0 Å². The maximum absolute atomic E-state index is 11.4. The fourth-order valence-electron chi connectivity index (χ4n) is 1.58. The second-order valence-corrected chi connectivity index (χ2v) is 4.70. The van der Waals surface area contributed by atoms with Gasteiger partial charge in [-0.05, 0) is 18.9 Å². The number of alkyl carbamates (subject to hydrolysis) is 1. The number of ether oxygens (including phenoxy) is 1. The lowest BCUT2D eigenvalue weighted by atomic mass is 9.97. The van der Waals surface area contributed by atoms with Crippen LogP contribution in [0, 0.1) is 0 Å². The van der Waals surface area contributed by atoms with Crippen LogP contribution in [0.2, 0.25) is 0 Å². The molecule has 5 nitrogen and oxygen atoms in total. The van der Waals surface area contributed by atoms with Gasteiger partial charge in [-0.25, -0.2) is 4.79 Å². The molecule has 0 radical (unpaired) electrons. The highest BCUT2D eigenvalue weighted by Crippen LogP contribution is 2.11. The van der Waals surface area contributed by atoms with Gasteiger partial charge in [0.25, 0.3) is 0 Å². The van der Waals surface area contributed by atoms with Crippen molar-refractivity contribution in [1.82, 2.24) is 5.32 Å². The van der Waals surface area contributed by atoms with Gasteiger partial charge >= 0.3 is 6.09 Å². The highest BCUT2D eigenvalue weighted by molar-refractivity contribution is 5.67. The van der Waals surface area contributed by atoms with Crippen molar-refractivity contribution >= 4 is 6.09 Å². The van der Waals surface area contributed by atoms with Crippen LogP contribution in [-0.4, -0.2) is 34.6 Å². The van der Waals surface area contributed by atoms with E-state index in [0.29, 0.717) is 6.42 Å². The molecule has 0 aliphatic heterocycles. The number of rotatable bonds is 6. The molecule has 0 saturated carbocycles. The minimum absolute atomic E-state index is 0.0599. The summed E-state index contributed by atoms with van der Waals surface area (Å²) in [5.41, 5.74) is -0.474. The number of hydrogen-bond donors (Lipinski definition) is 3. The topological polar surface area (TPSA) is 78.8 Å². The zero-order chi connectivity index (χ0) is 14.3. The molecule has 0 bridgehead atoms. The van der Waals surface area contributed by atoms with Crippen LogP contribution in [0.3, 0.4) is 0 Å². The number of carbonyl (C=O) groups is 1. The van der Waals surface area contributed by atoms with E-state index in [4.69, 9.17) is 4.74 Å². The SMILES string of the molecule is CC[C@@H](O)[C@@](C)(O)CNC(=O)OCc1ccccc1. The lowest BCUT2D eigenvalue weighted by molar-refractivity contribution is -0.0603. The Labute approximate surface area is 113 Å². The molecule has 1 aromatic rings. The minimum atomic E-state index is -1.36. The smallest absolute Gasteiger partial charge is 0.407 e. The predicted molar refractivity (Wildman–Crippen MR) is 71.6 cm³/mol. The van der Waals surface area contributed by atoms with E-state index in [9.17, 15) is 15.0 Å². The van der Waals surface area contributed by atoms with E-state index in [1.54, 1.807) is 6.92 Å². The molecule has 2 atom stereocenters. The van der Waals surface area contributed by atoms with E-state index in [2.05, 4.69) is 5.32 Å². The van der Waals surface area contributed by atoms with Crippen LogP contribution in [0.15, 0.2) is 30.3 Å². The third kappa shape index (κ3) is 5.28. The first-order valence-corrected chi connectivity index (χ1v) is 6.30. The van der Waals surface area contributed by atoms with Crippen LogP contribution in [0.25, 0.3) is 0 Å². The molecule has 0 fully saturated rings. The Morgan fingerprint density at radius 2 is 2.05 bits per heavy atom. The third-order valence-electron chi connectivity index (χ3n) is 2.91. The van der Waals surface area contributed by atoms with Crippen LogP contribution in [0.4, 0.5) is 4.79 Å². The molecule has 0 saturated heterocycles. The number of hydrogen-bond acceptors (Lipinski definition) is 4. The summed E-state index contributed by atoms with van der Waals surface area (Å²) >= 11 is 0. The van der Waals surface area contributed by atoms with Crippen LogP contribution in [0.1, 0.15) is 25.8 Å². The van der Waals surface area contributed by atoms with Crippen molar-refractivity contribution in [1.29, 1.82) is 0 Å². The first kappa shape index (κ1) is 15.5. The van der Waals surface area contributed by atoms with Gasteiger partial charge in [0.1, 0.15) is 12.2 Å². The summed E-state index contributed by atoms with van der Waals surface area (Å²) in [6.45, 7) is 3.34. The average molecular weight is 267 g/mol. The fourth-order valence-corrected chi connectivity index (χ4v) is 1.58. The number of benzene rings is 1. The van der Waals surface area contributed by atoms with Crippen LogP contribution >= 0.6 is 0 Å². The summed E-state index contributed by atoms with van der Waals surface area (Å²) in [7, 11) is 0. The average Bonchev–Trinajstić information content (AvgIpc) is 2.43. The standard InChI is InChI=1S/C14H21NO4/c1-3-12(16)14(2,18)10-15-13(17)19-9-11-7-5-4-6-8-11/h4-8,12,16,18H,3,9-10H2,1-2H3,(H,15,17)/t12-,14+/m1/s1. The quantitative estimate of drug-likeness (QED) is 0.728. The largest absolute Gasteiger partial charge is 0.445 e. The van der Waals surface area contributed by atoms with Crippen LogP contribution in [-0.2, 0) is 11.3 Å². The molecule has 1 amide bonds. The molecule has 106 valence electrons. The number of aliphatic hydroxyl groups excluding tert-OH is 1. The van der Waals surface area contributed by atoms with Gasteiger partial charge < -0.3 is 20.3 Å². The van der Waals surface area contributed by atoms with Gasteiger partial charge in [-0.2, -0.15) is 0 Å². The lowest BCUT2D eigenvalue weighted by Gasteiger charge is -2.28. The zero-order valence-corrected chi connectivity index (χ0v) is 11.3. The Balaban J connectivity index is 2.32. The maximum Gasteiger partial charge on any atom is 0.407 e. The highest BCUT2D eigenvalue weighted by Gasteiger charge is 2.29. The van der Waals surface area contributed by atoms with Crippen LogP contribution in [0.5, 0.6) is 0 Å². The molecular weight excluding hydrogens is 246 g/mol. The van der Waals surface area contributed by atoms with E-state index in [1.807, 2.05) is 30.3 Å². The summed E-state index contributed by atoms with van der Waals surface area (Å²) in [5.74, 6) is 0. The normalized spacial score (nSPS) is 15.4. The predicted octanol–water partition coefficient (Wildman–Crippen LogP) is 1.43. The van der Waals surface area contributed by atoms with Crippen LogP contribution < -0.4 is 5.32 Å². The molecule has 3 N–H and O–H groups in total. The van der Waals surface area contributed by atoms with Crippen molar-refractivity contribution in [3.63, 3.8) is 0 Å². The highest BCUT2D eigenvalue weighted by atomic mass is 16.5. The molecular formula is C14H21NO4. The fraction of sp³-hybridized carbons (Fsp3) is 0.500. The summed E-state index contributed by atoms with van der Waals surface area (Å²) in [6.07, 6.45) is -1.09. The van der Waals surface area contributed by atoms with Crippen molar-refractivity contribution in [2.45, 2.75) is 38.6 Å². The van der Waals surface area contributed by atoms with Crippen molar-refractivity contribution in [3.8, 4) is 0 Å². The van der Waals surface area contributed by atoms with Crippen molar-refractivity contribution in [2.75, 3.05) is 6.54 Å². The summed E-state index contributed by atoms with van der Waals surface area (Å²) in [5, 5.41) is 21.9. The molecule has 0 spiro atoms. The number of amides is 1. The summed E-state index contributed by atoms with van der Waals surface area (Å²) in [4.78, 5) is 11.4. The Kier molecular flexibility index (Phi) is 5.79. The Bertz CT molecular complexity index is 392. The molecule has 0 aliphatic rings. The van der Waals surface area contributed by atoms with Gasteiger partial charge in [0, 0.05) is 0 Å². The van der Waals surface area contributed by atoms with Gasteiger partial charge in [0.15, 0.2) is 0 Å². The van der Waals surface area contributed by atoms with Crippen molar-refractivity contribution < 1.29 is 19.7 Å². The van der Waals surface area contributed by atoms with Gasteiger partial charge in [0.05, 0.1) is 12.6 Å². The van der Waals surface area contributed by atoms with Gasteiger partial charge in [-0.15, -0.1) is 0 Å². The molecule has 19 heavy (non-hydrogen) atoms. The molecule has 1 rings (SSSR count). The number of carbonyl (C=O) groups excluding carboxylic acids is 1. The number of aliphatic hydroxyl groups is 2. The first-order valence-electron chi connectivity index (χ1n) is 6.30. The molecule has 0 aromatic heterocycles. The van der Waals surface area contributed by atoms with E-state index in [1.165, 1.54) is 6.92 Å². The lowest BCUT2D eigenvalue weighted by Crippen LogP contribution is -2.48. The maximum atomic E-state index is 11.4. The van der Waals surface area contributed by atoms with Crippen molar-refractivity contribution in [3.05, 3.63) is 35.9 Å². The van der Waals surface area contributed by atoms with Crippen molar-refractivity contribution in [2.24, 2.45) is 0 Å². The Hall–Kier alpha value is -1.59. The monoisotopic (exact) mass is 267 g/mol. The second-order valence-electron chi connectivity index (χ2n) is 4.70. The molecule has 5 heteroatoms. The molecule has 1 aromatic carbocycles. The van der Waals surface area contributed by atoms with Gasteiger partial charge in [0.2, 0.25) is 0 Å². The first-order chi connectivity index (χ1) is 8.95. The Morgan fingerprint density at radius 3 is 2.63 bits per heavy atom. The van der Waals surface area contributed by atoms with Gasteiger partial charge in [-0.1, -0.05) is 37.3 Å². The minimum Gasteiger partial charge on any atom is -0.445 e. The summed E-state index contributed by atoms with van der Waals surface area (Å²) in [6, 6.07) is 9.31. The van der Waals surface area contributed by atoms with E-state index in [-0.39, 0.29) is 13.2 Å². The van der Waals surface area contributed by atoms with E-state index >= 15 is 0 Å². The van der Waals surface area contributed by atoms with E-state index < -0.39 is 17.8 Å². The second kappa shape index (κ2) is 7.11.